The van der Waals surface area contributed by atoms with Gasteiger partial charge < -0.3 is 14.3 Å². The highest BCUT2D eigenvalue weighted by Gasteiger charge is 2.07. The van der Waals surface area contributed by atoms with E-state index in [0.717, 1.165) is 21.4 Å². The molecule has 0 saturated carbocycles. The van der Waals surface area contributed by atoms with Gasteiger partial charge in [0.1, 0.15) is 5.76 Å². The number of halogens is 2. The molecule has 2 heterocycles. The highest BCUT2D eigenvalue weighted by Crippen LogP contribution is 2.26. The monoisotopic (exact) mass is 361 g/mol. The summed E-state index contributed by atoms with van der Waals surface area (Å²) in [6.07, 6.45) is 5.56. The van der Waals surface area contributed by atoms with Gasteiger partial charge in [0.2, 0.25) is 0 Å². The van der Waals surface area contributed by atoms with Crippen LogP contribution in [0.2, 0.25) is 0 Å². The highest BCUT2D eigenvalue weighted by atomic mass is 79.9. The van der Waals surface area contributed by atoms with Gasteiger partial charge in [-0.2, -0.15) is 0 Å². The average Bonchev–Trinajstić information content (AvgIpc) is 2.87. The predicted octanol–water partition coefficient (Wildman–Crippen LogP) is 3.18. The van der Waals surface area contributed by atoms with Gasteiger partial charge in [-0.05, 0) is 44.8 Å². The van der Waals surface area contributed by atoms with Crippen molar-refractivity contribution in [2.45, 2.75) is 26.1 Å². The largest absolute Gasteiger partial charge is 0.452 e. The molecular formula is C11H13Br2N3O. The Hall–Kier alpha value is -0.590. The van der Waals surface area contributed by atoms with Crippen molar-refractivity contribution in [1.82, 2.24) is 14.9 Å². The van der Waals surface area contributed by atoms with Crippen molar-refractivity contribution in [1.29, 1.82) is 0 Å². The molecule has 0 bridgehead atoms. The fourth-order valence-electron chi connectivity index (χ4n) is 1.53. The van der Waals surface area contributed by atoms with Crippen molar-refractivity contribution in [2.24, 2.45) is 0 Å². The molecule has 0 aliphatic carbocycles. The van der Waals surface area contributed by atoms with Crippen LogP contribution in [-0.2, 0) is 13.1 Å². The lowest BCUT2D eigenvalue weighted by molar-refractivity contribution is 0.419. The minimum absolute atomic E-state index is 0.354. The van der Waals surface area contributed by atoms with E-state index in [9.17, 15) is 0 Å². The first-order valence-corrected chi connectivity index (χ1v) is 6.86. The third-order valence-electron chi connectivity index (χ3n) is 2.36. The Balaban J connectivity index is 1.81. The number of hydrogen-bond donors (Lipinski definition) is 1. The van der Waals surface area contributed by atoms with Crippen LogP contribution in [0.25, 0.3) is 0 Å². The van der Waals surface area contributed by atoms with Crippen LogP contribution >= 0.6 is 31.9 Å². The van der Waals surface area contributed by atoms with E-state index in [1.807, 2.05) is 23.2 Å². The summed E-state index contributed by atoms with van der Waals surface area (Å²) in [5.41, 5.74) is 0. The zero-order valence-corrected chi connectivity index (χ0v) is 12.5. The van der Waals surface area contributed by atoms with E-state index in [4.69, 9.17) is 4.42 Å². The quantitative estimate of drug-likeness (QED) is 0.888. The minimum atomic E-state index is 0.354. The van der Waals surface area contributed by atoms with Crippen LogP contribution in [0.15, 0.2) is 38.3 Å². The number of rotatable bonds is 5. The Labute approximate surface area is 117 Å². The summed E-state index contributed by atoms with van der Waals surface area (Å²) in [5.74, 6) is 0.904. The summed E-state index contributed by atoms with van der Waals surface area (Å²) in [6, 6.07) is 2.31. The van der Waals surface area contributed by atoms with Gasteiger partial charge in [0.15, 0.2) is 4.67 Å². The molecule has 0 aliphatic rings. The van der Waals surface area contributed by atoms with Crippen LogP contribution in [0, 0.1) is 0 Å². The molecule has 0 radical (unpaired) electrons. The second-order valence-electron chi connectivity index (χ2n) is 3.88. The lowest BCUT2D eigenvalue weighted by Gasteiger charge is -2.13. The molecule has 6 heteroatoms. The zero-order valence-electron chi connectivity index (χ0n) is 9.36. The first kappa shape index (κ1) is 12.9. The Kier molecular flexibility index (Phi) is 4.42. The van der Waals surface area contributed by atoms with Gasteiger partial charge in [0.25, 0.3) is 0 Å². The molecule has 2 aromatic heterocycles. The maximum absolute atomic E-state index is 5.49. The molecule has 0 spiro atoms. The summed E-state index contributed by atoms with van der Waals surface area (Å²) in [4.78, 5) is 4.01. The number of aromatic nitrogens is 2. The smallest absolute Gasteiger partial charge is 0.183 e. The molecule has 2 rings (SSSR count). The fourth-order valence-corrected chi connectivity index (χ4v) is 2.19. The van der Waals surface area contributed by atoms with E-state index >= 15 is 0 Å². The summed E-state index contributed by atoms with van der Waals surface area (Å²) >= 11 is 6.71. The molecule has 1 N–H and O–H groups in total. The first-order valence-electron chi connectivity index (χ1n) is 5.28. The first-order chi connectivity index (χ1) is 8.15. The number of imidazole rings is 1. The zero-order chi connectivity index (χ0) is 12.3. The molecule has 2 aromatic rings. The summed E-state index contributed by atoms with van der Waals surface area (Å²) in [7, 11) is 0. The van der Waals surface area contributed by atoms with Crippen LogP contribution in [0.1, 0.15) is 12.7 Å². The molecule has 0 fully saturated rings. The molecule has 0 amide bonds. The van der Waals surface area contributed by atoms with Crippen molar-refractivity contribution < 1.29 is 4.42 Å². The molecule has 4 nitrogen and oxygen atoms in total. The Morgan fingerprint density at radius 3 is 2.94 bits per heavy atom. The normalized spacial score (nSPS) is 12.9. The van der Waals surface area contributed by atoms with E-state index in [-0.39, 0.29) is 0 Å². The third kappa shape index (κ3) is 3.69. The van der Waals surface area contributed by atoms with Crippen molar-refractivity contribution in [3.63, 3.8) is 0 Å². The Morgan fingerprint density at radius 1 is 1.53 bits per heavy atom. The van der Waals surface area contributed by atoms with Crippen molar-refractivity contribution in [2.75, 3.05) is 0 Å². The topological polar surface area (TPSA) is 43.0 Å². The van der Waals surface area contributed by atoms with Gasteiger partial charge in [0.05, 0.1) is 17.3 Å². The van der Waals surface area contributed by atoms with E-state index in [1.54, 1.807) is 6.20 Å². The van der Waals surface area contributed by atoms with Gasteiger partial charge in [-0.25, -0.2) is 4.98 Å². The molecule has 0 aromatic carbocycles. The maximum atomic E-state index is 5.49. The van der Waals surface area contributed by atoms with Crippen LogP contribution < -0.4 is 5.32 Å². The summed E-state index contributed by atoms with van der Waals surface area (Å²) < 4.78 is 9.21. The van der Waals surface area contributed by atoms with Crippen molar-refractivity contribution in [3.8, 4) is 0 Å². The third-order valence-corrected chi connectivity index (χ3v) is 4.07. The summed E-state index contributed by atoms with van der Waals surface area (Å²) in [6.45, 7) is 3.73. The lowest BCUT2D eigenvalue weighted by atomic mass is 10.3. The van der Waals surface area contributed by atoms with Crippen LogP contribution in [-0.4, -0.2) is 15.6 Å². The van der Waals surface area contributed by atoms with Crippen molar-refractivity contribution >= 4 is 31.9 Å². The van der Waals surface area contributed by atoms with Gasteiger partial charge in [-0.3, -0.25) is 0 Å². The second-order valence-corrected chi connectivity index (χ2v) is 5.45. The standard InChI is InChI=1S/C11H13Br2N3O/c1-8(6-16-3-2-14-7-16)15-5-9-4-10(12)11(13)17-9/h2-4,7-8,15H,5-6H2,1H3. The van der Waals surface area contributed by atoms with Gasteiger partial charge in [-0.1, -0.05) is 0 Å². The van der Waals surface area contributed by atoms with E-state index in [1.165, 1.54) is 0 Å². The van der Waals surface area contributed by atoms with E-state index in [0.29, 0.717) is 12.6 Å². The van der Waals surface area contributed by atoms with Crippen LogP contribution in [0.4, 0.5) is 0 Å². The Morgan fingerprint density at radius 2 is 2.35 bits per heavy atom. The second kappa shape index (κ2) is 5.84. The highest BCUT2D eigenvalue weighted by molar-refractivity contribution is 9.13. The lowest BCUT2D eigenvalue weighted by Crippen LogP contribution is -2.29. The number of hydrogen-bond acceptors (Lipinski definition) is 3. The fraction of sp³-hybridized carbons (Fsp3) is 0.364. The van der Waals surface area contributed by atoms with E-state index in [2.05, 4.69) is 49.1 Å². The molecule has 0 aliphatic heterocycles. The number of nitrogens with one attached hydrogen (secondary N) is 1. The number of furan rings is 1. The Bertz CT molecular complexity index is 448. The van der Waals surface area contributed by atoms with Gasteiger partial charge >= 0.3 is 0 Å². The predicted molar refractivity (Wildman–Crippen MR) is 72.6 cm³/mol. The SMILES string of the molecule is CC(Cn1ccnc1)NCc1cc(Br)c(Br)o1. The number of nitrogens with zero attached hydrogens (tertiary/aromatic N) is 2. The molecule has 92 valence electrons. The minimum Gasteiger partial charge on any atom is -0.452 e. The molecule has 0 saturated heterocycles. The summed E-state index contributed by atoms with van der Waals surface area (Å²) in [5, 5.41) is 3.39. The maximum Gasteiger partial charge on any atom is 0.183 e. The van der Waals surface area contributed by atoms with Crippen LogP contribution in [0.3, 0.4) is 0 Å². The van der Waals surface area contributed by atoms with Crippen molar-refractivity contribution in [3.05, 3.63) is 39.7 Å². The molecule has 1 atom stereocenters. The average molecular weight is 363 g/mol. The van der Waals surface area contributed by atoms with Gasteiger partial charge in [-0.15, -0.1) is 0 Å². The molecular weight excluding hydrogens is 350 g/mol. The molecule has 1 unspecified atom stereocenters. The van der Waals surface area contributed by atoms with E-state index < -0.39 is 0 Å². The molecule has 17 heavy (non-hydrogen) atoms. The van der Waals surface area contributed by atoms with Crippen LogP contribution in [0.5, 0.6) is 0 Å². The van der Waals surface area contributed by atoms with Gasteiger partial charge in [0, 0.05) is 25.0 Å².